The number of aromatic nitrogens is 1. The first-order chi connectivity index (χ1) is 11.8. The summed E-state index contributed by atoms with van der Waals surface area (Å²) in [4.78, 5) is 3.23. The molecule has 0 amide bonds. The number of aromatic amines is 1. The smallest absolute Gasteiger partial charge is 0.123 e. The lowest BCUT2D eigenvalue weighted by Gasteiger charge is -2.16. The summed E-state index contributed by atoms with van der Waals surface area (Å²) in [7, 11) is 0. The fourth-order valence-corrected chi connectivity index (χ4v) is 3.51. The molecule has 1 aromatic heterocycles. The minimum atomic E-state index is -0.218. The number of H-pyrrole nitrogens is 1. The molecule has 1 atom stereocenters. The van der Waals surface area contributed by atoms with Crippen molar-refractivity contribution in [1.29, 1.82) is 0 Å². The number of hydrogen-bond acceptors (Lipinski definition) is 1. The molecule has 0 aliphatic heterocycles. The number of rotatable bonds is 4. The average molecular weight is 318 g/mol. The van der Waals surface area contributed by atoms with Gasteiger partial charge in [0.25, 0.3) is 0 Å². The van der Waals surface area contributed by atoms with E-state index in [4.69, 9.17) is 5.73 Å². The van der Waals surface area contributed by atoms with Crippen LogP contribution in [0.2, 0.25) is 0 Å². The molecule has 0 aliphatic carbocycles. The van der Waals surface area contributed by atoms with Crippen molar-refractivity contribution in [3.8, 4) is 0 Å². The Labute approximate surface area is 140 Å². The first kappa shape index (κ1) is 14.9. The van der Waals surface area contributed by atoms with Crippen molar-refractivity contribution in [2.24, 2.45) is 5.73 Å². The summed E-state index contributed by atoms with van der Waals surface area (Å²) in [6.45, 7) is 0.521. The fourth-order valence-electron chi connectivity index (χ4n) is 3.51. The second kappa shape index (κ2) is 6.10. The minimum absolute atomic E-state index is 0.145. The lowest BCUT2D eigenvalue weighted by molar-refractivity contribution is 0.629. The normalized spacial score (nSPS) is 12.8. The largest absolute Gasteiger partial charge is 0.361 e. The van der Waals surface area contributed by atoms with Crippen LogP contribution >= 0.6 is 0 Å². The molecule has 0 spiro atoms. The van der Waals surface area contributed by atoms with Crippen LogP contribution in [0.1, 0.15) is 17.0 Å². The van der Waals surface area contributed by atoms with Crippen LogP contribution in [0.15, 0.2) is 66.9 Å². The van der Waals surface area contributed by atoms with Gasteiger partial charge in [-0.25, -0.2) is 4.39 Å². The zero-order valence-corrected chi connectivity index (χ0v) is 13.3. The molecule has 0 bridgehead atoms. The van der Waals surface area contributed by atoms with E-state index in [-0.39, 0.29) is 11.7 Å². The van der Waals surface area contributed by atoms with Gasteiger partial charge in [0.15, 0.2) is 0 Å². The Morgan fingerprint density at radius 3 is 2.67 bits per heavy atom. The third-order valence-electron chi connectivity index (χ3n) is 4.75. The summed E-state index contributed by atoms with van der Waals surface area (Å²) in [5, 5.41) is 3.41. The average Bonchev–Trinajstić information content (AvgIpc) is 3.02. The molecule has 1 heterocycles. The summed E-state index contributed by atoms with van der Waals surface area (Å²) in [5.41, 5.74) is 9.38. The number of hydrogen-bond donors (Lipinski definition) is 2. The van der Waals surface area contributed by atoms with Crippen LogP contribution in [0.4, 0.5) is 4.39 Å². The topological polar surface area (TPSA) is 41.8 Å². The van der Waals surface area contributed by atoms with E-state index >= 15 is 0 Å². The Kier molecular flexibility index (Phi) is 3.79. The molecule has 0 saturated carbocycles. The van der Waals surface area contributed by atoms with Crippen molar-refractivity contribution in [3.63, 3.8) is 0 Å². The lowest BCUT2D eigenvalue weighted by atomic mass is 9.89. The summed E-state index contributed by atoms with van der Waals surface area (Å²) >= 11 is 0. The van der Waals surface area contributed by atoms with Crippen molar-refractivity contribution in [2.45, 2.75) is 12.3 Å². The molecule has 1 unspecified atom stereocenters. The molecule has 4 rings (SSSR count). The molecule has 3 heteroatoms. The molecule has 4 aromatic rings. The van der Waals surface area contributed by atoms with Gasteiger partial charge in [0.1, 0.15) is 5.82 Å². The van der Waals surface area contributed by atoms with E-state index in [9.17, 15) is 4.39 Å². The predicted molar refractivity (Wildman–Crippen MR) is 97.7 cm³/mol. The zero-order valence-electron chi connectivity index (χ0n) is 13.3. The number of nitrogens with one attached hydrogen (secondary N) is 1. The van der Waals surface area contributed by atoms with Crippen LogP contribution < -0.4 is 5.73 Å². The summed E-state index contributed by atoms with van der Waals surface area (Å²) in [5.74, 6) is -0.0735. The van der Waals surface area contributed by atoms with Crippen molar-refractivity contribution in [3.05, 3.63) is 83.8 Å². The Bertz CT molecular complexity index is 998. The fraction of sp³-hybridized carbons (Fsp3) is 0.143. The van der Waals surface area contributed by atoms with Crippen LogP contribution in [0.3, 0.4) is 0 Å². The minimum Gasteiger partial charge on any atom is -0.361 e. The lowest BCUT2D eigenvalue weighted by Crippen LogP contribution is -2.15. The van der Waals surface area contributed by atoms with Crippen molar-refractivity contribution >= 4 is 21.7 Å². The van der Waals surface area contributed by atoms with Gasteiger partial charge in [0.05, 0.1) is 0 Å². The van der Waals surface area contributed by atoms with E-state index < -0.39 is 0 Å². The van der Waals surface area contributed by atoms with Gasteiger partial charge in [-0.3, -0.25) is 0 Å². The van der Waals surface area contributed by atoms with Gasteiger partial charge >= 0.3 is 0 Å². The first-order valence-corrected chi connectivity index (χ1v) is 8.19. The third kappa shape index (κ3) is 2.57. The van der Waals surface area contributed by atoms with Crippen LogP contribution in [-0.4, -0.2) is 11.5 Å². The maximum atomic E-state index is 13.7. The molecular formula is C21H19FN2. The van der Waals surface area contributed by atoms with Crippen molar-refractivity contribution < 1.29 is 4.39 Å². The highest BCUT2D eigenvalue weighted by Crippen LogP contribution is 2.30. The molecule has 3 N–H and O–H groups in total. The standard InChI is InChI=1S/C21H19FN2/c22-17-8-9-21-19(11-17)20(13-24-21)16(12-23)10-15-6-3-5-14-4-1-2-7-18(14)15/h1-9,11,13,16,24H,10,12,23H2. The van der Waals surface area contributed by atoms with Gasteiger partial charge in [-0.15, -0.1) is 0 Å². The molecule has 0 fully saturated rings. The number of nitrogens with two attached hydrogens (primary N) is 1. The third-order valence-corrected chi connectivity index (χ3v) is 4.75. The molecule has 3 aromatic carbocycles. The number of fused-ring (bicyclic) bond motifs is 2. The molecular weight excluding hydrogens is 299 g/mol. The van der Waals surface area contributed by atoms with E-state index in [1.54, 1.807) is 12.1 Å². The van der Waals surface area contributed by atoms with Gasteiger partial charge in [-0.1, -0.05) is 42.5 Å². The maximum Gasteiger partial charge on any atom is 0.123 e. The van der Waals surface area contributed by atoms with E-state index in [2.05, 4.69) is 47.4 Å². The molecule has 0 radical (unpaired) electrons. The highest BCUT2D eigenvalue weighted by molar-refractivity contribution is 5.86. The van der Waals surface area contributed by atoms with Gasteiger partial charge in [-0.05, 0) is 53.1 Å². The molecule has 120 valence electrons. The highest BCUT2D eigenvalue weighted by Gasteiger charge is 2.16. The van der Waals surface area contributed by atoms with Crippen LogP contribution in [0.25, 0.3) is 21.7 Å². The monoisotopic (exact) mass is 318 g/mol. The number of halogens is 1. The molecule has 24 heavy (non-hydrogen) atoms. The van der Waals surface area contributed by atoms with E-state index in [1.165, 1.54) is 22.4 Å². The Balaban J connectivity index is 1.77. The Morgan fingerprint density at radius 2 is 1.79 bits per heavy atom. The molecule has 0 aliphatic rings. The van der Waals surface area contributed by atoms with E-state index in [0.717, 1.165) is 22.9 Å². The SMILES string of the molecule is NCC(Cc1cccc2ccccc12)c1c[nH]c2ccc(F)cc12. The zero-order chi connectivity index (χ0) is 16.5. The second-order valence-electron chi connectivity index (χ2n) is 6.21. The van der Waals surface area contributed by atoms with Gasteiger partial charge in [-0.2, -0.15) is 0 Å². The molecule has 2 nitrogen and oxygen atoms in total. The molecule has 0 saturated heterocycles. The Hall–Kier alpha value is -2.65. The Morgan fingerprint density at radius 1 is 0.958 bits per heavy atom. The maximum absolute atomic E-state index is 13.7. The second-order valence-corrected chi connectivity index (χ2v) is 6.21. The van der Waals surface area contributed by atoms with Gasteiger partial charge < -0.3 is 10.7 Å². The summed E-state index contributed by atoms with van der Waals surface area (Å²) < 4.78 is 13.7. The summed E-state index contributed by atoms with van der Waals surface area (Å²) in [6.07, 6.45) is 2.80. The van der Waals surface area contributed by atoms with E-state index in [1.807, 2.05) is 6.20 Å². The van der Waals surface area contributed by atoms with Gasteiger partial charge in [0.2, 0.25) is 0 Å². The highest BCUT2D eigenvalue weighted by atomic mass is 19.1. The predicted octanol–water partition coefficient (Wildman–Crippen LogP) is 4.75. The first-order valence-electron chi connectivity index (χ1n) is 8.19. The van der Waals surface area contributed by atoms with Crippen molar-refractivity contribution in [1.82, 2.24) is 4.98 Å². The summed E-state index contributed by atoms with van der Waals surface area (Å²) in [6, 6.07) is 19.6. The van der Waals surface area contributed by atoms with E-state index in [0.29, 0.717) is 6.54 Å². The van der Waals surface area contributed by atoms with Crippen molar-refractivity contribution in [2.75, 3.05) is 6.54 Å². The number of benzene rings is 3. The van der Waals surface area contributed by atoms with Gasteiger partial charge in [0, 0.05) is 23.0 Å². The van der Waals surface area contributed by atoms with Crippen LogP contribution in [0, 0.1) is 5.82 Å². The van der Waals surface area contributed by atoms with Crippen LogP contribution in [0.5, 0.6) is 0 Å². The quantitative estimate of drug-likeness (QED) is 0.560. The van der Waals surface area contributed by atoms with Crippen LogP contribution in [-0.2, 0) is 6.42 Å².